The number of hydrogen-bond acceptors (Lipinski definition) is 5. The van der Waals surface area contributed by atoms with Crippen LogP contribution in [0.4, 0.5) is 37.7 Å². The Morgan fingerprint density at radius 2 is 1.77 bits per heavy atom. The Hall–Kier alpha value is -2.89. The molecule has 0 aliphatic carbocycles. The maximum absolute atomic E-state index is 13.4. The molecule has 1 unspecified atom stereocenters. The molecule has 0 fully saturated rings. The second-order valence-corrected chi connectivity index (χ2v) is 6.63. The SMILES string of the molecule is CCC(CC(=O)O)c1ccc([C@H](OC)C(F)(F)F)c(Nc2cnc(C(F)(F)F)nc2)c1. The van der Waals surface area contributed by atoms with Crippen LogP contribution in [-0.2, 0) is 15.7 Å². The minimum atomic E-state index is -4.77. The molecule has 2 atom stereocenters. The zero-order valence-electron chi connectivity index (χ0n) is 16.4. The van der Waals surface area contributed by atoms with E-state index < -0.39 is 36.2 Å². The van der Waals surface area contributed by atoms with Crippen LogP contribution in [0.5, 0.6) is 0 Å². The number of anilines is 2. The van der Waals surface area contributed by atoms with Gasteiger partial charge in [0.15, 0.2) is 6.10 Å². The lowest BCUT2D eigenvalue weighted by Gasteiger charge is -2.24. The van der Waals surface area contributed by atoms with Crippen LogP contribution in [0.3, 0.4) is 0 Å². The van der Waals surface area contributed by atoms with E-state index in [4.69, 9.17) is 5.11 Å². The highest BCUT2D eigenvalue weighted by molar-refractivity contribution is 5.69. The summed E-state index contributed by atoms with van der Waals surface area (Å²) in [6, 6.07) is 3.84. The van der Waals surface area contributed by atoms with Gasteiger partial charge in [-0.15, -0.1) is 0 Å². The molecule has 0 aliphatic rings. The highest BCUT2D eigenvalue weighted by Gasteiger charge is 2.42. The normalized spacial score (nSPS) is 14.2. The Morgan fingerprint density at radius 3 is 2.23 bits per heavy atom. The van der Waals surface area contributed by atoms with E-state index in [0.717, 1.165) is 25.6 Å². The predicted molar refractivity (Wildman–Crippen MR) is 97.8 cm³/mol. The summed E-state index contributed by atoms with van der Waals surface area (Å²) in [6.07, 6.45) is -10.1. The zero-order chi connectivity index (χ0) is 23.4. The first-order valence-corrected chi connectivity index (χ1v) is 8.98. The number of nitrogens with zero attached hydrogens (tertiary/aromatic N) is 2. The second kappa shape index (κ2) is 9.50. The first kappa shape index (κ1) is 24.4. The number of alkyl halides is 6. The average Bonchev–Trinajstić information content (AvgIpc) is 2.66. The van der Waals surface area contributed by atoms with Crippen LogP contribution in [0.2, 0.25) is 0 Å². The zero-order valence-corrected chi connectivity index (χ0v) is 16.4. The average molecular weight is 451 g/mol. The van der Waals surface area contributed by atoms with E-state index >= 15 is 0 Å². The number of ether oxygens (including phenoxy) is 1. The van der Waals surface area contributed by atoms with Gasteiger partial charge in [0.05, 0.1) is 24.5 Å². The van der Waals surface area contributed by atoms with Crippen molar-refractivity contribution >= 4 is 17.3 Å². The molecule has 1 aromatic heterocycles. The summed E-state index contributed by atoms with van der Waals surface area (Å²) < 4.78 is 82.8. The number of carboxylic acid groups (broad SMARTS) is 1. The molecule has 0 saturated carbocycles. The number of rotatable bonds is 8. The van der Waals surface area contributed by atoms with Crippen molar-refractivity contribution in [2.24, 2.45) is 0 Å². The minimum Gasteiger partial charge on any atom is -0.481 e. The van der Waals surface area contributed by atoms with Crippen molar-refractivity contribution in [2.75, 3.05) is 12.4 Å². The third-order valence-electron chi connectivity index (χ3n) is 4.46. The Morgan fingerprint density at radius 1 is 1.16 bits per heavy atom. The van der Waals surface area contributed by atoms with Crippen LogP contribution in [0.25, 0.3) is 0 Å². The fraction of sp³-hybridized carbons (Fsp3) is 0.421. The summed E-state index contributed by atoms with van der Waals surface area (Å²) in [5.74, 6) is -2.96. The van der Waals surface area contributed by atoms with E-state index in [1.165, 1.54) is 12.1 Å². The molecule has 1 aromatic carbocycles. The summed E-state index contributed by atoms with van der Waals surface area (Å²) >= 11 is 0. The van der Waals surface area contributed by atoms with Crippen molar-refractivity contribution < 1.29 is 41.0 Å². The molecule has 12 heteroatoms. The van der Waals surface area contributed by atoms with E-state index in [-0.39, 0.29) is 23.4 Å². The van der Waals surface area contributed by atoms with Gasteiger partial charge in [0, 0.05) is 18.4 Å². The van der Waals surface area contributed by atoms with Gasteiger partial charge >= 0.3 is 18.3 Å². The fourth-order valence-corrected chi connectivity index (χ4v) is 3.00. The molecule has 2 rings (SSSR count). The molecule has 0 amide bonds. The highest BCUT2D eigenvalue weighted by Crippen LogP contribution is 2.41. The Kier molecular flexibility index (Phi) is 7.47. The summed E-state index contributed by atoms with van der Waals surface area (Å²) in [6.45, 7) is 1.73. The van der Waals surface area contributed by atoms with Gasteiger partial charge in [-0.05, 0) is 24.0 Å². The number of nitrogens with one attached hydrogen (secondary N) is 1. The lowest BCUT2D eigenvalue weighted by atomic mass is 9.91. The lowest BCUT2D eigenvalue weighted by molar-refractivity contribution is -0.215. The molecule has 0 aliphatic heterocycles. The lowest BCUT2D eigenvalue weighted by Crippen LogP contribution is -2.23. The van der Waals surface area contributed by atoms with Gasteiger partial charge in [-0.25, -0.2) is 9.97 Å². The molecule has 0 saturated heterocycles. The number of halogens is 6. The monoisotopic (exact) mass is 451 g/mol. The molecule has 0 spiro atoms. The van der Waals surface area contributed by atoms with E-state index in [1.807, 2.05) is 0 Å². The summed E-state index contributed by atoms with van der Waals surface area (Å²) in [7, 11) is 0.871. The van der Waals surface area contributed by atoms with E-state index in [1.54, 1.807) is 6.92 Å². The summed E-state index contributed by atoms with van der Waals surface area (Å²) in [4.78, 5) is 17.4. The number of methoxy groups -OCH3 is 1. The van der Waals surface area contributed by atoms with E-state index in [2.05, 4.69) is 20.0 Å². The topological polar surface area (TPSA) is 84.3 Å². The standard InChI is InChI=1S/C19H19F6N3O3/c1-3-10(7-15(29)30)11-4-5-13(16(31-2)18(20,21)22)14(6-11)28-12-8-26-17(27-9-12)19(23,24)25/h4-6,8-10,16,28H,3,7H2,1-2H3,(H,29,30)/t10?,16-/m0/s1. The Balaban J connectivity index is 2.51. The third kappa shape index (κ3) is 6.29. The second-order valence-electron chi connectivity index (χ2n) is 6.63. The van der Waals surface area contributed by atoms with Gasteiger partial charge in [-0.3, -0.25) is 4.79 Å². The van der Waals surface area contributed by atoms with Crippen LogP contribution >= 0.6 is 0 Å². The number of aliphatic carboxylic acids is 1. The molecule has 0 bridgehead atoms. The van der Waals surface area contributed by atoms with Gasteiger partial charge in [0.25, 0.3) is 0 Å². The van der Waals surface area contributed by atoms with Crippen molar-refractivity contribution in [3.63, 3.8) is 0 Å². The Labute approximate surface area is 173 Å². The Bertz CT molecular complexity index is 900. The fourth-order valence-electron chi connectivity index (χ4n) is 3.00. The van der Waals surface area contributed by atoms with Crippen molar-refractivity contribution in [3.8, 4) is 0 Å². The van der Waals surface area contributed by atoms with Crippen LogP contribution < -0.4 is 5.32 Å². The van der Waals surface area contributed by atoms with E-state index in [0.29, 0.717) is 12.0 Å². The van der Waals surface area contributed by atoms with E-state index in [9.17, 15) is 31.1 Å². The van der Waals surface area contributed by atoms with Gasteiger partial charge in [0.2, 0.25) is 5.82 Å². The van der Waals surface area contributed by atoms with Crippen molar-refractivity contribution in [2.45, 2.75) is 44.1 Å². The first-order valence-electron chi connectivity index (χ1n) is 8.98. The number of carbonyl (C=O) groups is 1. The predicted octanol–water partition coefficient (Wildman–Crippen LogP) is 5.46. The van der Waals surface area contributed by atoms with Gasteiger partial charge in [0.1, 0.15) is 0 Å². The molecule has 1 heterocycles. The molecular weight excluding hydrogens is 432 g/mol. The first-order chi connectivity index (χ1) is 14.4. The van der Waals surface area contributed by atoms with Crippen LogP contribution in [-0.4, -0.2) is 34.3 Å². The third-order valence-corrected chi connectivity index (χ3v) is 4.46. The number of aromatic nitrogens is 2. The van der Waals surface area contributed by atoms with Crippen molar-refractivity contribution in [1.29, 1.82) is 0 Å². The molecular formula is C19H19F6N3O3. The van der Waals surface area contributed by atoms with Crippen LogP contribution in [0, 0.1) is 0 Å². The molecule has 2 aromatic rings. The molecule has 2 N–H and O–H groups in total. The molecule has 6 nitrogen and oxygen atoms in total. The maximum Gasteiger partial charge on any atom is 0.451 e. The minimum absolute atomic E-state index is 0.0882. The number of benzene rings is 1. The molecule has 0 radical (unpaired) electrons. The summed E-state index contributed by atoms with van der Waals surface area (Å²) in [5.41, 5.74) is -0.0894. The summed E-state index contributed by atoms with van der Waals surface area (Å²) in [5, 5.41) is 11.7. The molecule has 170 valence electrons. The van der Waals surface area contributed by atoms with Crippen LogP contribution in [0.15, 0.2) is 30.6 Å². The number of hydrogen-bond donors (Lipinski definition) is 2. The van der Waals surface area contributed by atoms with Gasteiger partial charge < -0.3 is 15.2 Å². The van der Waals surface area contributed by atoms with Crippen molar-refractivity contribution in [3.05, 3.63) is 47.5 Å². The largest absolute Gasteiger partial charge is 0.481 e. The number of carboxylic acids is 1. The van der Waals surface area contributed by atoms with Gasteiger partial charge in [-0.1, -0.05) is 19.1 Å². The quantitative estimate of drug-likeness (QED) is 0.519. The van der Waals surface area contributed by atoms with Gasteiger partial charge in [-0.2, -0.15) is 26.3 Å². The molecule has 31 heavy (non-hydrogen) atoms. The van der Waals surface area contributed by atoms with Crippen molar-refractivity contribution in [1.82, 2.24) is 9.97 Å². The highest BCUT2D eigenvalue weighted by atomic mass is 19.4. The smallest absolute Gasteiger partial charge is 0.451 e. The van der Waals surface area contributed by atoms with Crippen LogP contribution in [0.1, 0.15) is 48.7 Å². The maximum atomic E-state index is 13.4.